The van der Waals surface area contributed by atoms with Gasteiger partial charge < -0.3 is 4.74 Å². The average Bonchev–Trinajstić information content (AvgIpc) is 3.42. The van der Waals surface area contributed by atoms with E-state index in [0.29, 0.717) is 26.6 Å². The number of carbonyl (C=O) groups is 1. The van der Waals surface area contributed by atoms with Crippen molar-refractivity contribution in [2.45, 2.75) is 25.5 Å². The molecule has 0 aromatic heterocycles. The predicted octanol–water partition coefficient (Wildman–Crippen LogP) is 6.05. The van der Waals surface area contributed by atoms with E-state index >= 15 is 0 Å². The van der Waals surface area contributed by atoms with Crippen LogP contribution >= 0.6 is 51.5 Å². The van der Waals surface area contributed by atoms with Crippen LogP contribution in [0.3, 0.4) is 0 Å². The first kappa shape index (κ1) is 19.0. The van der Waals surface area contributed by atoms with Gasteiger partial charge in [0.1, 0.15) is 16.7 Å². The Hall–Kier alpha value is -1.34. The first-order chi connectivity index (χ1) is 13.0. The molecule has 0 atom stereocenters. The maximum absolute atomic E-state index is 12.7. The summed E-state index contributed by atoms with van der Waals surface area (Å²) in [5, 5.41) is 0.668. The Balaban J connectivity index is 1.59. The van der Waals surface area contributed by atoms with Crippen molar-refractivity contribution in [1.82, 2.24) is 4.90 Å². The second kappa shape index (κ2) is 7.95. The molecule has 2 fully saturated rings. The largest absolute Gasteiger partial charge is 0.488 e. The zero-order valence-electron chi connectivity index (χ0n) is 14.2. The van der Waals surface area contributed by atoms with Gasteiger partial charge in [0.2, 0.25) is 0 Å². The molecule has 0 unspecified atom stereocenters. The van der Waals surface area contributed by atoms with Gasteiger partial charge in [0, 0.05) is 26.7 Å². The predicted molar refractivity (Wildman–Crippen MR) is 118 cm³/mol. The Morgan fingerprint density at radius 2 is 2.07 bits per heavy atom. The monoisotopic (exact) mass is 479 g/mol. The van der Waals surface area contributed by atoms with E-state index in [2.05, 4.69) is 15.9 Å². The second-order valence-corrected chi connectivity index (χ2v) is 9.34. The number of halogens is 2. The van der Waals surface area contributed by atoms with E-state index in [9.17, 15) is 4.79 Å². The Bertz CT molecular complexity index is 959. The Labute approximate surface area is 180 Å². The Morgan fingerprint density at radius 3 is 2.81 bits per heavy atom. The van der Waals surface area contributed by atoms with Gasteiger partial charge in [-0.25, -0.2) is 0 Å². The first-order valence-electron chi connectivity index (χ1n) is 8.46. The summed E-state index contributed by atoms with van der Waals surface area (Å²) >= 11 is 16.4. The zero-order chi connectivity index (χ0) is 19.0. The van der Waals surface area contributed by atoms with Crippen LogP contribution in [0.15, 0.2) is 51.8 Å². The minimum absolute atomic E-state index is 0.00970. The lowest BCUT2D eigenvalue weighted by molar-refractivity contribution is -0.122. The highest BCUT2D eigenvalue weighted by Crippen LogP contribution is 2.41. The molecule has 2 aliphatic rings. The van der Waals surface area contributed by atoms with E-state index in [1.165, 1.54) is 11.8 Å². The number of benzene rings is 2. The van der Waals surface area contributed by atoms with Gasteiger partial charge >= 0.3 is 0 Å². The minimum Gasteiger partial charge on any atom is -0.488 e. The summed E-state index contributed by atoms with van der Waals surface area (Å²) in [7, 11) is 0. The minimum atomic E-state index is -0.00970. The van der Waals surface area contributed by atoms with E-state index in [0.717, 1.165) is 28.4 Å². The fraction of sp³-hybridized carbons (Fsp3) is 0.200. The first-order valence-corrected chi connectivity index (χ1v) is 10.9. The SMILES string of the molecule is O=C1/C(=C\c2cc(Br)ccc2OCc2ccccc2Cl)SC(=S)N1C1CC1. The van der Waals surface area contributed by atoms with Gasteiger partial charge in [0.05, 0.1) is 4.91 Å². The van der Waals surface area contributed by atoms with Gasteiger partial charge in [-0.3, -0.25) is 9.69 Å². The molecule has 1 aliphatic heterocycles. The van der Waals surface area contributed by atoms with Gasteiger partial charge in [-0.15, -0.1) is 0 Å². The van der Waals surface area contributed by atoms with Crippen molar-refractivity contribution in [3.63, 3.8) is 0 Å². The maximum Gasteiger partial charge on any atom is 0.266 e. The smallest absolute Gasteiger partial charge is 0.266 e. The molecule has 4 rings (SSSR count). The van der Waals surface area contributed by atoms with E-state index in [4.69, 9.17) is 28.6 Å². The van der Waals surface area contributed by atoms with Crippen LogP contribution in [-0.2, 0) is 11.4 Å². The second-order valence-electron chi connectivity index (χ2n) is 6.35. The molecule has 1 saturated carbocycles. The maximum atomic E-state index is 12.7. The van der Waals surface area contributed by atoms with Crippen molar-refractivity contribution in [3.05, 3.63) is 68.0 Å². The number of hydrogen-bond donors (Lipinski definition) is 0. The normalized spacial score (nSPS) is 18.4. The van der Waals surface area contributed by atoms with Crippen LogP contribution in [0, 0.1) is 0 Å². The van der Waals surface area contributed by atoms with Crippen LogP contribution in [0.5, 0.6) is 5.75 Å². The third kappa shape index (κ3) is 4.24. The van der Waals surface area contributed by atoms with Crippen molar-refractivity contribution in [3.8, 4) is 5.75 Å². The highest BCUT2D eigenvalue weighted by atomic mass is 79.9. The number of rotatable bonds is 5. The quantitative estimate of drug-likeness (QED) is 0.385. The molecule has 0 radical (unpaired) electrons. The molecule has 27 heavy (non-hydrogen) atoms. The van der Waals surface area contributed by atoms with Crippen molar-refractivity contribution in [1.29, 1.82) is 0 Å². The van der Waals surface area contributed by atoms with E-state index < -0.39 is 0 Å². The van der Waals surface area contributed by atoms with Gasteiger partial charge in [0.15, 0.2) is 0 Å². The van der Waals surface area contributed by atoms with Crippen LogP contribution < -0.4 is 4.74 Å². The highest BCUT2D eigenvalue weighted by molar-refractivity contribution is 9.10. The summed E-state index contributed by atoms with van der Waals surface area (Å²) in [4.78, 5) is 15.1. The molecule has 0 spiro atoms. The standard InChI is InChI=1S/C20H15BrClNO2S2/c21-14-5-8-17(25-11-12-3-1-2-4-16(12)22)13(9-14)10-18-19(24)23(15-6-7-15)20(26)27-18/h1-5,8-10,15H,6-7,11H2/b18-10+. The number of thioether (sulfide) groups is 1. The average molecular weight is 481 g/mol. The van der Waals surface area contributed by atoms with Crippen LogP contribution in [0.2, 0.25) is 5.02 Å². The lowest BCUT2D eigenvalue weighted by Crippen LogP contribution is -2.30. The number of hydrogen-bond acceptors (Lipinski definition) is 4. The molecule has 3 nitrogen and oxygen atoms in total. The summed E-state index contributed by atoms with van der Waals surface area (Å²) in [6.45, 7) is 0.352. The molecule has 7 heteroatoms. The highest BCUT2D eigenvalue weighted by Gasteiger charge is 2.42. The van der Waals surface area contributed by atoms with Gasteiger partial charge in [-0.2, -0.15) is 0 Å². The zero-order valence-corrected chi connectivity index (χ0v) is 18.1. The summed E-state index contributed by atoms with van der Waals surface area (Å²) in [5.41, 5.74) is 1.74. The molecule has 0 bridgehead atoms. The Kier molecular flexibility index (Phi) is 5.60. The lowest BCUT2D eigenvalue weighted by Gasteiger charge is -2.12. The van der Waals surface area contributed by atoms with Crippen molar-refractivity contribution < 1.29 is 9.53 Å². The molecule has 1 aliphatic carbocycles. The topological polar surface area (TPSA) is 29.5 Å². The molecular weight excluding hydrogens is 466 g/mol. The number of amides is 1. The lowest BCUT2D eigenvalue weighted by atomic mass is 10.1. The summed E-state index contributed by atoms with van der Waals surface area (Å²) < 4.78 is 7.56. The third-order valence-corrected chi connectivity index (χ3v) is 6.53. The summed E-state index contributed by atoms with van der Waals surface area (Å²) in [6.07, 6.45) is 3.92. The number of ether oxygens (including phenoxy) is 1. The molecule has 1 saturated heterocycles. The molecular formula is C20H15BrClNO2S2. The number of nitrogens with zero attached hydrogens (tertiary/aromatic N) is 1. The van der Waals surface area contributed by atoms with Gasteiger partial charge in [-0.05, 0) is 43.2 Å². The van der Waals surface area contributed by atoms with Crippen LogP contribution in [0.4, 0.5) is 0 Å². The molecule has 2 aromatic carbocycles. The fourth-order valence-electron chi connectivity index (χ4n) is 2.80. The number of thiocarbonyl (C=S) groups is 1. The third-order valence-electron chi connectivity index (χ3n) is 4.34. The number of carbonyl (C=O) groups excluding carboxylic acids is 1. The molecule has 138 valence electrons. The van der Waals surface area contributed by atoms with E-state index in [1.807, 2.05) is 48.5 Å². The van der Waals surface area contributed by atoms with Crippen LogP contribution in [-0.4, -0.2) is 21.2 Å². The van der Waals surface area contributed by atoms with E-state index in [1.54, 1.807) is 4.90 Å². The van der Waals surface area contributed by atoms with E-state index in [-0.39, 0.29) is 11.9 Å². The molecule has 0 N–H and O–H groups in total. The van der Waals surface area contributed by atoms with Crippen molar-refractivity contribution in [2.75, 3.05) is 0 Å². The summed E-state index contributed by atoms with van der Waals surface area (Å²) in [5.74, 6) is 0.680. The van der Waals surface area contributed by atoms with Crippen molar-refractivity contribution >= 4 is 67.8 Å². The molecule has 1 amide bonds. The van der Waals surface area contributed by atoms with Crippen LogP contribution in [0.1, 0.15) is 24.0 Å². The van der Waals surface area contributed by atoms with Gasteiger partial charge in [-0.1, -0.05) is 69.7 Å². The fourth-order valence-corrected chi connectivity index (χ4v) is 4.76. The van der Waals surface area contributed by atoms with Crippen LogP contribution in [0.25, 0.3) is 6.08 Å². The van der Waals surface area contributed by atoms with Gasteiger partial charge in [0.25, 0.3) is 5.91 Å². The van der Waals surface area contributed by atoms with Crippen molar-refractivity contribution in [2.24, 2.45) is 0 Å². The Morgan fingerprint density at radius 1 is 1.30 bits per heavy atom. The molecule has 2 aromatic rings. The molecule has 1 heterocycles. The summed E-state index contributed by atoms with van der Waals surface area (Å²) in [6, 6.07) is 13.6.